The summed E-state index contributed by atoms with van der Waals surface area (Å²) < 4.78 is 16.0. The third kappa shape index (κ3) is 4.90. The van der Waals surface area contributed by atoms with Gasteiger partial charge in [-0.3, -0.25) is 0 Å². The standard InChI is InChI=1S/C10H22O3Si/c1-10(2)8-6-7-9-14(11-3,12-4)13-5/h8H,6-7,9H2,1-5H3. The van der Waals surface area contributed by atoms with Gasteiger partial charge in [0.1, 0.15) is 0 Å². The molecule has 4 heteroatoms. The van der Waals surface area contributed by atoms with Gasteiger partial charge < -0.3 is 13.3 Å². The molecule has 0 aliphatic carbocycles. The van der Waals surface area contributed by atoms with Gasteiger partial charge in [-0.1, -0.05) is 11.6 Å². The van der Waals surface area contributed by atoms with E-state index in [2.05, 4.69) is 19.9 Å². The van der Waals surface area contributed by atoms with Crippen LogP contribution in [0.3, 0.4) is 0 Å². The lowest BCUT2D eigenvalue weighted by Crippen LogP contribution is -2.42. The Hall–Kier alpha value is -0.163. The molecule has 0 aromatic rings. The van der Waals surface area contributed by atoms with E-state index in [0.717, 1.165) is 18.9 Å². The van der Waals surface area contributed by atoms with E-state index >= 15 is 0 Å². The molecular weight excluding hydrogens is 196 g/mol. The van der Waals surface area contributed by atoms with Gasteiger partial charge in [-0.15, -0.1) is 0 Å². The van der Waals surface area contributed by atoms with Crippen LogP contribution in [0.1, 0.15) is 26.7 Å². The smallest absolute Gasteiger partial charge is 0.377 e. The van der Waals surface area contributed by atoms with Crippen molar-refractivity contribution in [3.63, 3.8) is 0 Å². The van der Waals surface area contributed by atoms with Gasteiger partial charge >= 0.3 is 8.80 Å². The molecule has 0 aliphatic heterocycles. The Morgan fingerprint density at radius 2 is 1.57 bits per heavy atom. The molecule has 0 aromatic carbocycles. The molecule has 14 heavy (non-hydrogen) atoms. The van der Waals surface area contributed by atoms with Crippen LogP contribution in [-0.4, -0.2) is 30.1 Å². The van der Waals surface area contributed by atoms with Gasteiger partial charge in [0.15, 0.2) is 0 Å². The van der Waals surface area contributed by atoms with Crippen molar-refractivity contribution >= 4 is 8.80 Å². The molecule has 0 radical (unpaired) electrons. The zero-order chi connectivity index (χ0) is 11.0. The van der Waals surface area contributed by atoms with Crippen LogP contribution in [0.5, 0.6) is 0 Å². The zero-order valence-electron chi connectivity index (χ0n) is 9.92. The van der Waals surface area contributed by atoms with Gasteiger partial charge in [0.05, 0.1) is 0 Å². The Kier molecular flexibility index (Phi) is 7.09. The summed E-state index contributed by atoms with van der Waals surface area (Å²) in [5.41, 5.74) is 1.35. The molecule has 0 saturated heterocycles. The van der Waals surface area contributed by atoms with Crippen LogP contribution in [0.4, 0.5) is 0 Å². The normalized spacial score (nSPS) is 11.5. The highest BCUT2D eigenvalue weighted by molar-refractivity contribution is 6.60. The maximum absolute atomic E-state index is 5.32. The molecular formula is C10H22O3Si. The van der Waals surface area contributed by atoms with E-state index in [9.17, 15) is 0 Å². The second-order valence-corrected chi connectivity index (χ2v) is 6.56. The molecule has 3 nitrogen and oxygen atoms in total. The Balaban J connectivity index is 3.89. The molecule has 84 valence electrons. The summed E-state index contributed by atoms with van der Waals surface area (Å²) in [6.45, 7) is 4.21. The average molecular weight is 218 g/mol. The molecule has 0 N–H and O–H groups in total. The highest BCUT2D eigenvalue weighted by Gasteiger charge is 2.36. The first-order valence-corrected chi connectivity index (χ1v) is 6.82. The molecule has 0 heterocycles. The first kappa shape index (κ1) is 13.8. The predicted octanol–water partition coefficient (Wildman–Crippen LogP) is 2.61. The van der Waals surface area contributed by atoms with Gasteiger partial charge in [-0.25, -0.2) is 0 Å². The monoisotopic (exact) mass is 218 g/mol. The summed E-state index contributed by atoms with van der Waals surface area (Å²) in [7, 11) is 2.64. The van der Waals surface area contributed by atoms with Crippen LogP contribution in [-0.2, 0) is 13.3 Å². The number of unbranched alkanes of at least 4 members (excludes halogenated alkanes) is 1. The van der Waals surface area contributed by atoms with E-state index in [4.69, 9.17) is 13.3 Å². The lowest BCUT2D eigenvalue weighted by molar-refractivity contribution is 0.123. The van der Waals surface area contributed by atoms with Crippen LogP contribution in [0.25, 0.3) is 0 Å². The fourth-order valence-electron chi connectivity index (χ4n) is 1.27. The second kappa shape index (κ2) is 7.17. The van der Waals surface area contributed by atoms with E-state index in [1.54, 1.807) is 21.3 Å². The minimum absolute atomic E-state index is 0.875. The number of allylic oxidation sites excluding steroid dienone is 2. The Labute approximate surface area is 88.4 Å². The minimum Gasteiger partial charge on any atom is -0.377 e. The fourth-order valence-corrected chi connectivity index (χ4v) is 3.02. The summed E-state index contributed by atoms with van der Waals surface area (Å²) in [5.74, 6) is 0. The van der Waals surface area contributed by atoms with Crippen molar-refractivity contribution in [2.45, 2.75) is 32.7 Å². The van der Waals surface area contributed by atoms with Gasteiger partial charge in [-0.2, -0.15) is 0 Å². The van der Waals surface area contributed by atoms with E-state index in [1.165, 1.54) is 5.57 Å². The quantitative estimate of drug-likeness (QED) is 0.373. The molecule has 0 aromatic heterocycles. The molecule has 0 saturated carbocycles. The third-order valence-corrected chi connectivity index (χ3v) is 5.00. The minimum atomic E-state index is -2.32. The largest absolute Gasteiger partial charge is 0.500 e. The van der Waals surface area contributed by atoms with Crippen LogP contribution in [0.15, 0.2) is 11.6 Å². The molecule has 0 unspecified atom stereocenters. The fraction of sp³-hybridized carbons (Fsp3) is 0.800. The Morgan fingerprint density at radius 3 is 1.93 bits per heavy atom. The zero-order valence-corrected chi connectivity index (χ0v) is 10.9. The SMILES string of the molecule is CO[Si](CCCC=C(C)C)(OC)OC. The number of hydrogen-bond acceptors (Lipinski definition) is 3. The van der Waals surface area contributed by atoms with Gasteiger partial charge in [-0.05, 0) is 26.7 Å². The van der Waals surface area contributed by atoms with E-state index < -0.39 is 8.80 Å². The van der Waals surface area contributed by atoms with Crippen molar-refractivity contribution in [1.29, 1.82) is 0 Å². The van der Waals surface area contributed by atoms with Gasteiger partial charge in [0, 0.05) is 27.4 Å². The maximum atomic E-state index is 5.32. The van der Waals surface area contributed by atoms with Crippen LogP contribution < -0.4 is 0 Å². The van der Waals surface area contributed by atoms with Crippen molar-refractivity contribution in [3.05, 3.63) is 11.6 Å². The maximum Gasteiger partial charge on any atom is 0.500 e. The summed E-state index contributed by atoms with van der Waals surface area (Å²) in [5, 5.41) is 0. The lowest BCUT2D eigenvalue weighted by atomic mass is 10.2. The molecule has 0 spiro atoms. The van der Waals surface area contributed by atoms with Crippen molar-refractivity contribution in [2.24, 2.45) is 0 Å². The number of rotatable bonds is 7. The van der Waals surface area contributed by atoms with Crippen molar-refractivity contribution in [2.75, 3.05) is 21.3 Å². The molecule has 0 amide bonds. The summed E-state index contributed by atoms with van der Waals surface area (Å²) in [4.78, 5) is 0. The van der Waals surface area contributed by atoms with E-state index in [0.29, 0.717) is 0 Å². The summed E-state index contributed by atoms with van der Waals surface area (Å²) >= 11 is 0. The highest BCUT2D eigenvalue weighted by atomic mass is 28.4. The van der Waals surface area contributed by atoms with Crippen LogP contribution in [0, 0.1) is 0 Å². The molecule has 0 rings (SSSR count). The molecule has 0 bridgehead atoms. The summed E-state index contributed by atoms with van der Waals surface area (Å²) in [6, 6.07) is 0.875. The number of hydrogen-bond donors (Lipinski definition) is 0. The second-order valence-electron chi connectivity index (χ2n) is 3.47. The first-order valence-electron chi connectivity index (χ1n) is 4.89. The molecule has 0 fully saturated rings. The van der Waals surface area contributed by atoms with Crippen LogP contribution >= 0.6 is 0 Å². The Bertz CT molecular complexity index is 164. The molecule has 0 aliphatic rings. The first-order chi connectivity index (χ1) is 6.60. The average Bonchev–Trinajstić information content (AvgIpc) is 2.19. The van der Waals surface area contributed by atoms with E-state index in [1.807, 2.05) is 0 Å². The lowest BCUT2D eigenvalue weighted by Gasteiger charge is -2.23. The molecule has 0 atom stereocenters. The topological polar surface area (TPSA) is 27.7 Å². The van der Waals surface area contributed by atoms with Crippen molar-refractivity contribution in [3.8, 4) is 0 Å². The van der Waals surface area contributed by atoms with Crippen molar-refractivity contribution < 1.29 is 13.3 Å². The predicted molar refractivity (Wildman–Crippen MR) is 60.3 cm³/mol. The van der Waals surface area contributed by atoms with E-state index in [-0.39, 0.29) is 0 Å². The van der Waals surface area contributed by atoms with Gasteiger partial charge in [0.25, 0.3) is 0 Å². The highest BCUT2D eigenvalue weighted by Crippen LogP contribution is 2.16. The van der Waals surface area contributed by atoms with Crippen LogP contribution in [0.2, 0.25) is 6.04 Å². The Morgan fingerprint density at radius 1 is 1.07 bits per heavy atom. The van der Waals surface area contributed by atoms with Gasteiger partial charge in [0.2, 0.25) is 0 Å². The van der Waals surface area contributed by atoms with Crippen molar-refractivity contribution in [1.82, 2.24) is 0 Å². The summed E-state index contributed by atoms with van der Waals surface area (Å²) in [6.07, 6.45) is 4.33. The third-order valence-electron chi connectivity index (χ3n) is 2.17.